The molecule has 4 nitrogen and oxygen atoms in total. The van der Waals surface area contributed by atoms with Crippen molar-refractivity contribution >= 4 is 0 Å². The van der Waals surface area contributed by atoms with Crippen LogP contribution in [0.1, 0.15) is 0 Å². The molecule has 0 spiro atoms. The average molecular weight is 145 g/mol. The number of rotatable bonds is 1. The zero-order valence-electron chi connectivity index (χ0n) is 5.68. The molecule has 0 aliphatic rings. The van der Waals surface area contributed by atoms with Crippen LogP contribution in [-0.4, -0.2) is 20.0 Å². The van der Waals surface area contributed by atoms with Crippen molar-refractivity contribution in [1.82, 2.24) is 20.0 Å². The van der Waals surface area contributed by atoms with Crippen LogP contribution in [0.25, 0.3) is 5.69 Å². The first-order chi connectivity index (χ1) is 5.47. The average Bonchev–Trinajstić information content (AvgIpc) is 2.58. The first-order valence-corrected chi connectivity index (χ1v) is 3.16. The topological polar surface area (TPSA) is 43.6 Å². The van der Waals surface area contributed by atoms with Gasteiger partial charge in [0, 0.05) is 6.20 Å². The lowest BCUT2D eigenvalue weighted by Gasteiger charge is -1.94. The van der Waals surface area contributed by atoms with Gasteiger partial charge in [-0.1, -0.05) is 5.21 Å². The van der Waals surface area contributed by atoms with Crippen LogP contribution in [0, 0.1) is 6.20 Å². The van der Waals surface area contributed by atoms with E-state index in [9.17, 15) is 0 Å². The van der Waals surface area contributed by atoms with Gasteiger partial charge in [-0.2, -0.15) is 0 Å². The monoisotopic (exact) mass is 145 g/mol. The molecule has 11 heavy (non-hydrogen) atoms. The Labute approximate surface area is 63.5 Å². The molecule has 2 rings (SSSR count). The maximum atomic E-state index is 3.83. The molecule has 0 aliphatic carbocycles. The molecular weight excluding hydrogens is 140 g/mol. The van der Waals surface area contributed by atoms with Crippen LogP contribution in [0.5, 0.6) is 0 Å². The number of hydrogen-bond acceptors (Lipinski definition) is 3. The molecule has 0 saturated carbocycles. The van der Waals surface area contributed by atoms with Crippen LogP contribution in [0.15, 0.2) is 30.7 Å². The fourth-order valence-electron chi connectivity index (χ4n) is 0.782. The third-order valence-corrected chi connectivity index (χ3v) is 1.26. The fraction of sp³-hybridized carbons (Fsp3) is 0. The van der Waals surface area contributed by atoms with Gasteiger partial charge >= 0.3 is 0 Å². The van der Waals surface area contributed by atoms with E-state index in [-0.39, 0.29) is 0 Å². The molecule has 53 valence electrons. The van der Waals surface area contributed by atoms with Crippen molar-refractivity contribution in [3.8, 4) is 5.69 Å². The molecule has 0 saturated heterocycles. The van der Waals surface area contributed by atoms with Crippen LogP contribution in [0.4, 0.5) is 0 Å². The summed E-state index contributed by atoms with van der Waals surface area (Å²) in [5, 5.41) is 7.45. The Bertz CT molecular complexity index is 313. The van der Waals surface area contributed by atoms with E-state index in [1.54, 1.807) is 23.3 Å². The number of pyridine rings is 1. The van der Waals surface area contributed by atoms with Crippen LogP contribution >= 0.6 is 0 Å². The Morgan fingerprint density at radius 1 is 1.36 bits per heavy atom. The Morgan fingerprint density at radius 3 is 3.00 bits per heavy atom. The van der Waals surface area contributed by atoms with Crippen molar-refractivity contribution in [2.75, 3.05) is 0 Å². The van der Waals surface area contributed by atoms with Gasteiger partial charge in [-0.05, 0) is 12.1 Å². The normalized spacial score (nSPS) is 9.82. The van der Waals surface area contributed by atoms with Crippen molar-refractivity contribution in [1.29, 1.82) is 0 Å². The summed E-state index contributed by atoms with van der Waals surface area (Å²) in [6.07, 6.45) is 7.80. The molecule has 4 heteroatoms. The standard InChI is InChI=1S/C7H5N4/c1-2-7(6-8-3-1)11-5-4-9-10-11/h1-5H. The predicted octanol–water partition coefficient (Wildman–Crippen LogP) is 0.462. The minimum atomic E-state index is 0.796. The summed E-state index contributed by atoms with van der Waals surface area (Å²) in [5.41, 5.74) is 0.796. The highest BCUT2D eigenvalue weighted by molar-refractivity contribution is 5.23. The van der Waals surface area contributed by atoms with Crippen molar-refractivity contribution in [3.63, 3.8) is 0 Å². The molecule has 0 atom stereocenters. The van der Waals surface area contributed by atoms with E-state index < -0.39 is 0 Å². The van der Waals surface area contributed by atoms with Crippen LogP contribution in [-0.2, 0) is 0 Å². The van der Waals surface area contributed by atoms with E-state index in [0.29, 0.717) is 0 Å². The Kier molecular flexibility index (Phi) is 1.37. The second-order valence-corrected chi connectivity index (χ2v) is 1.98. The lowest BCUT2D eigenvalue weighted by molar-refractivity contribution is 0.798. The van der Waals surface area contributed by atoms with Crippen molar-refractivity contribution in [2.24, 2.45) is 0 Å². The van der Waals surface area contributed by atoms with Gasteiger partial charge in [0.25, 0.3) is 0 Å². The van der Waals surface area contributed by atoms with E-state index in [1.165, 1.54) is 0 Å². The summed E-state index contributed by atoms with van der Waals surface area (Å²) >= 11 is 0. The Balaban J connectivity index is 2.46. The molecule has 0 bridgehead atoms. The van der Waals surface area contributed by atoms with Gasteiger partial charge in [-0.25, -0.2) is 4.68 Å². The smallest absolute Gasteiger partial charge is 0.117 e. The summed E-state index contributed by atoms with van der Waals surface area (Å²) in [5.74, 6) is 0. The highest BCUT2D eigenvalue weighted by atomic mass is 15.4. The Hall–Kier alpha value is -1.71. The lowest BCUT2D eigenvalue weighted by atomic mass is 10.4. The molecule has 0 amide bonds. The number of aromatic nitrogens is 4. The van der Waals surface area contributed by atoms with E-state index in [4.69, 9.17) is 0 Å². The second-order valence-electron chi connectivity index (χ2n) is 1.98. The summed E-state index contributed by atoms with van der Waals surface area (Å²) in [6.45, 7) is 0. The first kappa shape index (κ1) is 6.03. The molecule has 0 aliphatic heterocycles. The molecule has 2 heterocycles. The lowest BCUT2D eigenvalue weighted by Crippen LogP contribution is -1.94. The van der Waals surface area contributed by atoms with Crippen LogP contribution < -0.4 is 0 Å². The van der Waals surface area contributed by atoms with Gasteiger partial charge in [0.05, 0.1) is 18.1 Å². The number of nitrogens with zero attached hydrogens (tertiary/aromatic N) is 4. The minimum absolute atomic E-state index is 0.796. The van der Waals surface area contributed by atoms with E-state index in [0.717, 1.165) is 5.69 Å². The zero-order chi connectivity index (χ0) is 7.52. The third-order valence-electron chi connectivity index (χ3n) is 1.26. The quantitative estimate of drug-likeness (QED) is 0.585. The third kappa shape index (κ3) is 1.10. The summed E-state index contributed by atoms with van der Waals surface area (Å²) in [6, 6.07) is 3.69. The zero-order valence-corrected chi connectivity index (χ0v) is 5.68. The molecule has 0 aromatic carbocycles. The summed E-state index contributed by atoms with van der Waals surface area (Å²) in [4.78, 5) is 3.83. The van der Waals surface area contributed by atoms with E-state index in [2.05, 4.69) is 21.5 Å². The number of hydrogen-bond donors (Lipinski definition) is 0. The molecule has 0 fully saturated rings. The van der Waals surface area contributed by atoms with Crippen LogP contribution in [0.3, 0.4) is 0 Å². The Morgan fingerprint density at radius 2 is 2.36 bits per heavy atom. The molecular formula is C7H5N4. The molecule has 0 N–H and O–H groups in total. The minimum Gasteiger partial charge on any atom is -0.252 e. The maximum absolute atomic E-state index is 3.83. The highest BCUT2D eigenvalue weighted by Gasteiger charge is 1.93. The first-order valence-electron chi connectivity index (χ1n) is 3.16. The SMILES string of the molecule is [c]1ncccc1-n1ccnn1. The molecule has 1 radical (unpaired) electrons. The van der Waals surface area contributed by atoms with Crippen LogP contribution in [0.2, 0.25) is 0 Å². The molecule has 2 aromatic rings. The van der Waals surface area contributed by atoms with Crippen molar-refractivity contribution < 1.29 is 0 Å². The predicted molar refractivity (Wildman–Crippen MR) is 38.0 cm³/mol. The van der Waals surface area contributed by atoms with Gasteiger partial charge in [-0.3, -0.25) is 4.98 Å². The summed E-state index contributed by atoms with van der Waals surface area (Å²) < 4.78 is 1.60. The molecule has 2 aromatic heterocycles. The van der Waals surface area contributed by atoms with E-state index >= 15 is 0 Å². The van der Waals surface area contributed by atoms with Gasteiger partial charge in [0.15, 0.2) is 0 Å². The van der Waals surface area contributed by atoms with Gasteiger partial charge in [0.2, 0.25) is 0 Å². The maximum Gasteiger partial charge on any atom is 0.117 e. The van der Waals surface area contributed by atoms with Gasteiger partial charge in [0.1, 0.15) is 6.20 Å². The van der Waals surface area contributed by atoms with Gasteiger partial charge in [-0.15, -0.1) is 5.10 Å². The molecule has 0 unspecified atom stereocenters. The second kappa shape index (κ2) is 2.49. The largest absolute Gasteiger partial charge is 0.252 e. The highest BCUT2D eigenvalue weighted by Crippen LogP contribution is 1.99. The fourth-order valence-corrected chi connectivity index (χ4v) is 0.782. The van der Waals surface area contributed by atoms with Crippen molar-refractivity contribution in [2.45, 2.75) is 0 Å². The van der Waals surface area contributed by atoms with Gasteiger partial charge < -0.3 is 0 Å². The van der Waals surface area contributed by atoms with E-state index in [1.807, 2.05) is 12.1 Å². The van der Waals surface area contributed by atoms with Crippen molar-refractivity contribution in [3.05, 3.63) is 36.9 Å². The summed E-state index contributed by atoms with van der Waals surface area (Å²) in [7, 11) is 0.